The van der Waals surface area contributed by atoms with Crippen LogP contribution in [0.5, 0.6) is 11.5 Å². The minimum absolute atomic E-state index is 0.497. The van der Waals surface area contributed by atoms with Crippen LogP contribution in [0.4, 0.5) is 0 Å². The van der Waals surface area contributed by atoms with Crippen molar-refractivity contribution in [2.24, 2.45) is 0 Å². The number of rotatable bonds is 4. The summed E-state index contributed by atoms with van der Waals surface area (Å²) in [5.41, 5.74) is 1.88. The molecule has 0 aliphatic carbocycles. The molecule has 0 saturated carbocycles. The Labute approximate surface area is 122 Å². The van der Waals surface area contributed by atoms with E-state index in [1.807, 2.05) is 56.3 Å². The normalized spacial score (nSPS) is 12.2. The molecule has 2 aromatic rings. The van der Waals surface area contributed by atoms with Crippen molar-refractivity contribution >= 4 is 15.9 Å². The predicted molar refractivity (Wildman–Crippen MR) is 80.6 cm³/mol. The van der Waals surface area contributed by atoms with Crippen molar-refractivity contribution in [2.75, 3.05) is 0 Å². The molecule has 0 aliphatic heterocycles. The molecule has 0 heterocycles. The number of hydrogen-bond acceptors (Lipinski definition) is 2. The molecule has 3 heteroatoms. The smallest absolute Gasteiger partial charge is 0.133 e. The molecule has 0 radical (unpaired) electrons. The number of benzene rings is 2. The van der Waals surface area contributed by atoms with Crippen LogP contribution in [-0.2, 0) is 0 Å². The SMILES string of the molecule is CC[C@H](O)c1ccccc1Oc1cc(Br)ccc1C. The van der Waals surface area contributed by atoms with Crippen molar-refractivity contribution in [3.05, 3.63) is 58.1 Å². The summed E-state index contributed by atoms with van der Waals surface area (Å²) in [5, 5.41) is 10.0. The largest absolute Gasteiger partial charge is 0.457 e. The van der Waals surface area contributed by atoms with Gasteiger partial charge in [-0.1, -0.05) is 47.1 Å². The Morgan fingerprint density at radius 1 is 1.16 bits per heavy atom. The number of para-hydroxylation sites is 1. The lowest BCUT2D eigenvalue weighted by atomic mass is 10.1. The van der Waals surface area contributed by atoms with Crippen molar-refractivity contribution < 1.29 is 9.84 Å². The Bertz CT molecular complexity index is 566. The molecule has 0 fully saturated rings. The van der Waals surface area contributed by atoms with Crippen LogP contribution >= 0.6 is 15.9 Å². The zero-order valence-corrected chi connectivity index (χ0v) is 12.6. The van der Waals surface area contributed by atoms with Gasteiger partial charge in [0.2, 0.25) is 0 Å². The number of aryl methyl sites for hydroxylation is 1. The van der Waals surface area contributed by atoms with E-state index in [9.17, 15) is 5.11 Å². The Hall–Kier alpha value is -1.32. The van der Waals surface area contributed by atoms with E-state index >= 15 is 0 Å². The number of hydrogen-bond donors (Lipinski definition) is 1. The fourth-order valence-corrected chi connectivity index (χ4v) is 2.21. The molecule has 0 amide bonds. The van der Waals surface area contributed by atoms with Crippen LogP contribution in [-0.4, -0.2) is 5.11 Å². The van der Waals surface area contributed by atoms with Crippen LogP contribution in [0.1, 0.15) is 30.6 Å². The molecule has 0 spiro atoms. The Balaban J connectivity index is 2.35. The van der Waals surface area contributed by atoms with Gasteiger partial charge in [-0.3, -0.25) is 0 Å². The first-order valence-electron chi connectivity index (χ1n) is 6.32. The summed E-state index contributed by atoms with van der Waals surface area (Å²) in [4.78, 5) is 0. The minimum atomic E-state index is -0.497. The second-order valence-corrected chi connectivity index (χ2v) is 5.39. The molecule has 2 rings (SSSR count). The van der Waals surface area contributed by atoms with Crippen molar-refractivity contribution in [3.63, 3.8) is 0 Å². The maximum atomic E-state index is 10.0. The number of aliphatic hydroxyl groups is 1. The van der Waals surface area contributed by atoms with Crippen molar-refractivity contribution in [1.29, 1.82) is 0 Å². The summed E-state index contributed by atoms with van der Waals surface area (Å²) in [6, 6.07) is 13.5. The topological polar surface area (TPSA) is 29.5 Å². The number of ether oxygens (including phenoxy) is 1. The molecule has 19 heavy (non-hydrogen) atoms. The molecular formula is C16H17BrO2. The monoisotopic (exact) mass is 320 g/mol. The third-order valence-corrected chi connectivity index (χ3v) is 3.53. The maximum absolute atomic E-state index is 10.0. The first kappa shape index (κ1) is 14.1. The van der Waals surface area contributed by atoms with Gasteiger partial charge in [0.25, 0.3) is 0 Å². The first-order chi connectivity index (χ1) is 9.11. The van der Waals surface area contributed by atoms with Crippen LogP contribution in [0.3, 0.4) is 0 Å². The van der Waals surface area contributed by atoms with E-state index in [1.165, 1.54) is 0 Å². The lowest BCUT2D eigenvalue weighted by Gasteiger charge is -2.16. The molecule has 0 saturated heterocycles. The van der Waals surface area contributed by atoms with Gasteiger partial charge in [0, 0.05) is 10.0 Å². The molecular weight excluding hydrogens is 304 g/mol. The molecule has 2 nitrogen and oxygen atoms in total. The average Bonchev–Trinajstić information content (AvgIpc) is 2.42. The fraction of sp³-hybridized carbons (Fsp3) is 0.250. The summed E-state index contributed by atoms with van der Waals surface area (Å²) >= 11 is 3.44. The molecule has 0 aromatic heterocycles. The molecule has 1 N–H and O–H groups in total. The highest BCUT2D eigenvalue weighted by Gasteiger charge is 2.12. The first-order valence-corrected chi connectivity index (χ1v) is 7.12. The van der Waals surface area contributed by atoms with Crippen molar-refractivity contribution in [3.8, 4) is 11.5 Å². The maximum Gasteiger partial charge on any atom is 0.133 e. The quantitative estimate of drug-likeness (QED) is 0.859. The highest BCUT2D eigenvalue weighted by atomic mass is 79.9. The lowest BCUT2D eigenvalue weighted by Crippen LogP contribution is -1.99. The standard InChI is InChI=1S/C16H17BrO2/c1-3-14(18)13-6-4-5-7-15(13)19-16-10-12(17)9-8-11(16)2/h4-10,14,18H,3H2,1-2H3/t14-/m0/s1. The Kier molecular flexibility index (Phi) is 4.61. The van der Waals surface area contributed by atoms with Crippen LogP contribution in [0.2, 0.25) is 0 Å². The summed E-state index contributed by atoms with van der Waals surface area (Å²) < 4.78 is 6.93. The van der Waals surface area contributed by atoms with E-state index in [0.717, 1.165) is 21.3 Å². The molecule has 0 unspecified atom stereocenters. The van der Waals surface area contributed by atoms with Crippen molar-refractivity contribution in [1.82, 2.24) is 0 Å². The third-order valence-electron chi connectivity index (χ3n) is 3.03. The molecule has 2 aromatic carbocycles. The van der Waals surface area contributed by atoms with Gasteiger partial charge in [0.15, 0.2) is 0 Å². The van der Waals surface area contributed by atoms with Crippen LogP contribution in [0.25, 0.3) is 0 Å². The van der Waals surface area contributed by atoms with E-state index in [4.69, 9.17) is 4.74 Å². The second-order valence-electron chi connectivity index (χ2n) is 4.47. The van der Waals surface area contributed by atoms with Gasteiger partial charge in [0.05, 0.1) is 6.10 Å². The molecule has 1 atom stereocenters. The van der Waals surface area contributed by atoms with Gasteiger partial charge in [-0.15, -0.1) is 0 Å². The molecule has 0 aliphatic rings. The summed E-state index contributed by atoms with van der Waals surface area (Å²) in [7, 11) is 0. The van der Waals surface area contributed by atoms with Gasteiger partial charge < -0.3 is 9.84 Å². The van der Waals surface area contributed by atoms with Crippen LogP contribution in [0.15, 0.2) is 46.9 Å². The predicted octanol–water partition coefficient (Wildman–Crippen LogP) is 4.99. The highest BCUT2D eigenvalue weighted by Crippen LogP contribution is 2.33. The lowest BCUT2D eigenvalue weighted by molar-refractivity contribution is 0.170. The highest BCUT2D eigenvalue weighted by molar-refractivity contribution is 9.10. The van der Waals surface area contributed by atoms with E-state index < -0.39 is 6.10 Å². The fourth-order valence-electron chi connectivity index (χ4n) is 1.87. The summed E-state index contributed by atoms with van der Waals surface area (Å²) in [6.45, 7) is 3.95. The number of aliphatic hydroxyl groups excluding tert-OH is 1. The average molecular weight is 321 g/mol. The van der Waals surface area contributed by atoms with E-state index in [1.54, 1.807) is 0 Å². The van der Waals surface area contributed by atoms with Gasteiger partial charge in [-0.2, -0.15) is 0 Å². The minimum Gasteiger partial charge on any atom is -0.457 e. The van der Waals surface area contributed by atoms with E-state index in [0.29, 0.717) is 12.2 Å². The zero-order chi connectivity index (χ0) is 13.8. The number of halogens is 1. The zero-order valence-electron chi connectivity index (χ0n) is 11.1. The van der Waals surface area contributed by atoms with E-state index in [-0.39, 0.29) is 0 Å². The van der Waals surface area contributed by atoms with Gasteiger partial charge in [0.1, 0.15) is 11.5 Å². The van der Waals surface area contributed by atoms with E-state index in [2.05, 4.69) is 15.9 Å². The third kappa shape index (κ3) is 3.37. The second kappa shape index (κ2) is 6.22. The van der Waals surface area contributed by atoms with Crippen LogP contribution < -0.4 is 4.74 Å². The molecule has 0 bridgehead atoms. The van der Waals surface area contributed by atoms with Gasteiger partial charge in [-0.25, -0.2) is 0 Å². The van der Waals surface area contributed by atoms with Gasteiger partial charge in [-0.05, 0) is 37.1 Å². The summed E-state index contributed by atoms with van der Waals surface area (Å²) in [5.74, 6) is 1.50. The summed E-state index contributed by atoms with van der Waals surface area (Å²) in [6.07, 6.45) is 0.168. The molecule has 100 valence electrons. The Morgan fingerprint density at radius 3 is 2.63 bits per heavy atom. The Morgan fingerprint density at radius 2 is 1.89 bits per heavy atom. The van der Waals surface area contributed by atoms with Gasteiger partial charge >= 0.3 is 0 Å². The van der Waals surface area contributed by atoms with Crippen LogP contribution in [0, 0.1) is 6.92 Å². The van der Waals surface area contributed by atoms with Crippen molar-refractivity contribution in [2.45, 2.75) is 26.4 Å².